The zero-order valence-corrected chi connectivity index (χ0v) is 9.75. The maximum Gasteiger partial charge on any atom is 0.337 e. The van der Waals surface area contributed by atoms with Crippen molar-refractivity contribution in [3.05, 3.63) is 28.8 Å². The second-order valence-electron chi connectivity index (χ2n) is 3.07. The molecule has 0 fully saturated rings. The van der Waals surface area contributed by atoms with Gasteiger partial charge in [0.05, 0.1) is 29.5 Å². The van der Waals surface area contributed by atoms with E-state index in [0.717, 1.165) is 0 Å². The number of nitriles is 1. The molecule has 0 aliphatic rings. The first-order valence-electron chi connectivity index (χ1n) is 4.63. The van der Waals surface area contributed by atoms with Crippen LogP contribution in [0, 0.1) is 11.3 Å². The summed E-state index contributed by atoms with van der Waals surface area (Å²) in [5, 5.41) is 11.0. The lowest BCUT2D eigenvalue weighted by atomic mass is 10.2. The third-order valence-electron chi connectivity index (χ3n) is 1.90. The highest BCUT2D eigenvalue weighted by Gasteiger charge is 2.10. The fourth-order valence-corrected chi connectivity index (χ4v) is 1.36. The minimum atomic E-state index is -0.512. The molecular weight excluding hydrogens is 244 g/mol. The summed E-state index contributed by atoms with van der Waals surface area (Å²) in [7, 11) is 1.26. The van der Waals surface area contributed by atoms with E-state index in [1.54, 1.807) is 6.07 Å². The SMILES string of the molecule is COC(=O)c1ccc(NC(=O)CC#N)c(Cl)c1. The van der Waals surface area contributed by atoms with Crippen molar-refractivity contribution in [2.75, 3.05) is 12.4 Å². The van der Waals surface area contributed by atoms with Gasteiger partial charge in [0.15, 0.2) is 0 Å². The largest absolute Gasteiger partial charge is 0.465 e. The van der Waals surface area contributed by atoms with Crippen LogP contribution in [0.25, 0.3) is 0 Å². The number of halogens is 1. The summed E-state index contributed by atoms with van der Waals surface area (Å²) in [5.74, 6) is -0.970. The van der Waals surface area contributed by atoms with Crippen molar-refractivity contribution in [2.45, 2.75) is 6.42 Å². The highest BCUT2D eigenvalue weighted by atomic mass is 35.5. The zero-order valence-electron chi connectivity index (χ0n) is 8.99. The molecule has 1 aromatic rings. The van der Waals surface area contributed by atoms with Crippen LogP contribution in [0.2, 0.25) is 5.02 Å². The molecule has 17 heavy (non-hydrogen) atoms. The lowest BCUT2D eigenvalue weighted by Gasteiger charge is -2.06. The van der Waals surface area contributed by atoms with Gasteiger partial charge in [0.25, 0.3) is 0 Å². The number of benzene rings is 1. The minimum Gasteiger partial charge on any atom is -0.465 e. The van der Waals surface area contributed by atoms with Gasteiger partial charge in [0.1, 0.15) is 6.42 Å². The van der Waals surface area contributed by atoms with Gasteiger partial charge in [0, 0.05) is 0 Å². The van der Waals surface area contributed by atoms with Crippen molar-refractivity contribution in [1.82, 2.24) is 0 Å². The van der Waals surface area contributed by atoms with Gasteiger partial charge in [-0.3, -0.25) is 4.79 Å². The van der Waals surface area contributed by atoms with E-state index in [2.05, 4.69) is 10.1 Å². The summed E-state index contributed by atoms with van der Waals surface area (Å²) >= 11 is 5.87. The molecule has 5 nitrogen and oxygen atoms in total. The van der Waals surface area contributed by atoms with Crippen LogP contribution in [-0.2, 0) is 9.53 Å². The van der Waals surface area contributed by atoms with Gasteiger partial charge >= 0.3 is 5.97 Å². The van der Waals surface area contributed by atoms with E-state index in [1.807, 2.05) is 0 Å². The number of anilines is 1. The second-order valence-corrected chi connectivity index (χ2v) is 3.48. The van der Waals surface area contributed by atoms with Crippen LogP contribution in [0.15, 0.2) is 18.2 Å². The summed E-state index contributed by atoms with van der Waals surface area (Å²) in [6.07, 6.45) is -0.255. The lowest BCUT2D eigenvalue weighted by molar-refractivity contribution is -0.115. The Bertz CT molecular complexity index is 494. The fraction of sp³-hybridized carbons (Fsp3) is 0.182. The molecule has 0 heterocycles. The van der Waals surface area contributed by atoms with Crippen molar-refractivity contribution in [3.8, 4) is 6.07 Å². The molecule has 0 unspecified atom stereocenters. The fourth-order valence-electron chi connectivity index (χ4n) is 1.13. The highest BCUT2D eigenvalue weighted by Crippen LogP contribution is 2.23. The van der Waals surface area contributed by atoms with Crippen LogP contribution < -0.4 is 5.32 Å². The van der Waals surface area contributed by atoms with Gasteiger partial charge in [-0.1, -0.05) is 11.6 Å². The van der Waals surface area contributed by atoms with E-state index >= 15 is 0 Å². The van der Waals surface area contributed by atoms with Crippen LogP contribution in [0.3, 0.4) is 0 Å². The lowest BCUT2D eigenvalue weighted by Crippen LogP contribution is -2.11. The van der Waals surface area contributed by atoms with Gasteiger partial charge < -0.3 is 10.1 Å². The Morgan fingerprint density at radius 1 is 1.53 bits per heavy atom. The molecule has 88 valence electrons. The van der Waals surface area contributed by atoms with Crippen molar-refractivity contribution >= 4 is 29.2 Å². The molecule has 1 rings (SSSR count). The monoisotopic (exact) mass is 252 g/mol. The van der Waals surface area contributed by atoms with Crippen molar-refractivity contribution in [2.24, 2.45) is 0 Å². The molecule has 0 spiro atoms. The zero-order chi connectivity index (χ0) is 12.8. The molecule has 0 aliphatic heterocycles. The minimum absolute atomic E-state index is 0.208. The number of hydrogen-bond donors (Lipinski definition) is 1. The smallest absolute Gasteiger partial charge is 0.337 e. The Kier molecular flexibility index (Phi) is 4.49. The highest BCUT2D eigenvalue weighted by molar-refractivity contribution is 6.34. The predicted octanol–water partition coefficient (Wildman–Crippen LogP) is 1.98. The van der Waals surface area contributed by atoms with Gasteiger partial charge in [-0.25, -0.2) is 4.79 Å². The first-order chi connectivity index (χ1) is 8.08. The molecule has 1 N–H and O–H groups in total. The van der Waals surface area contributed by atoms with Gasteiger partial charge in [0.2, 0.25) is 5.91 Å². The Labute approximate surface area is 103 Å². The predicted molar refractivity (Wildman–Crippen MR) is 61.7 cm³/mol. The molecular formula is C11H9ClN2O3. The van der Waals surface area contributed by atoms with Crippen LogP contribution in [-0.4, -0.2) is 19.0 Å². The van der Waals surface area contributed by atoms with Crippen LogP contribution in [0.5, 0.6) is 0 Å². The van der Waals surface area contributed by atoms with Crippen molar-refractivity contribution in [3.63, 3.8) is 0 Å². The van der Waals surface area contributed by atoms with Gasteiger partial charge in [-0.15, -0.1) is 0 Å². The molecule has 0 atom stereocenters. The molecule has 1 amide bonds. The maximum absolute atomic E-state index is 11.2. The van der Waals surface area contributed by atoms with Crippen LogP contribution in [0.1, 0.15) is 16.8 Å². The Hall–Kier alpha value is -2.06. The number of carbonyl (C=O) groups is 2. The topological polar surface area (TPSA) is 79.2 Å². The Morgan fingerprint density at radius 2 is 2.24 bits per heavy atom. The van der Waals surface area contributed by atoms with Crippen LogP contribution in [0.4, 0.5) is 5.69 Å². The molecule has 1 aromatic carbocycles. The molecule has 0 bridgehead atoms. The average Bonchev–Trinajstić information content (AvgIpc) is 2.31. The van der Waals surface area contributed by atoms with E-state index < -0.39 is 11.9 Å². The van der Waals surface area contributed by atoms with E-state index in [0.29, 0.717) is 5.69 Å². The molecule has 6 heteroatoms. The number of amides is 1. The van der Waals surface area contributed by atoms with Gasteiger partial charge in [-0.2, -0.15) is 5.26 Å². The van der Waals surface area contributed by atoms with E-state index in [1.165, 1.54) is 25.3 Å². The molecule has 0 aromatic heterocycles. The molecule has 0 radical (unpaired) electrons. The number of ether oxygens (including phenoxy) is 1. The summed E-state index contributed by atoms with van der Waals surface area (Å²) in [6.45, 7) is 0. The quantitative estimate of drug-likeness (QED) is 0.834. The maximum atomic E-state index is 11.2. The second kappa shape index (κ2) is 5.87. The molecule has 0 saturated heterocycles. The van der Waals surface area contributed by atoms with E-state index in [-0.39, 0.29) is 17.0 Å². The summed E-state index contributed by atoms with van der Waals surface area (Å²) in [5.41, 5.74) is 0.635. The number of nitrogens with one attached hydrogen (secondary N) is 1. The average molecular weight is 253 g/mol. The summed E-state index contributed by atoms with van der Waals surface area (Å²) < 4.78 is 4.52. The Morgan fingerprint density at radius 3 is 2.76 bits per heavy atom. The first kappa shape index (κ1) is 13.0. The number of esters is 1. The normalized spacial score (nSPS) is 9.24. The molecule has 0 saturated carbocycles. The van der Waals surface area contributed by atoms with Gasteiger partial charge in [-0.05, 0) is 18.2 Å². The number of hydrogen-bond acceptors (Lipinski definition) is 4. The standard InChI is InChI=1S/C11H9ClN2O3/c1-17-11(16)7-2-3-9(8(12)6-7)14-10(15)4-5-13/h2-3,6H,4H2,1H3,(H,14,15). The number of carbonyl (C=O) groups excluding carboxylic acids is 2. The third-order valence-corrected chi connectivity index (χ3v) is 2.22. The third kappa shape index (κ3) is 3.47. The first-order valence-corrected chi connectivity index (χ1v) is 5.01. The molecule has 0 aliphatic carbocycles. The number of methoxy groups -OCH3 is 1. The Balaban J connectivity index is 2.87. The van der Waals surface area contributed by atoms with Crippen molar-refractivity contribution < 1.29 is 14.3 Å². The summed E-state index contributed by atoms with van der Waals surface area (Å²) in [4.78, 5) is 22.3. The van der Waals surface area contributed by atoms with E-state index in [4.69, 9.17) is 16.9 Å². The van der Waals surface area contributed by atoms with E-state index in [9.17, 15) is 9.59 Å². The number of rotatable bonds is 3. The summed E-state index contributed by atoms with van der Waals surface area (Å²) in [6, 6.07) is 6.05. The van der Waals surface area contributed by atoms with Crippen LogP contribution >= 0.6 is 11.6 Å². The van der Waals surface area contributed by atoms with Crippen molar-refractivity contribution in [1.29, 1.82) is 5.26 Å². The number of nitrogens with zero attached hydrogens (tertiary/aromatic N) is 1.